The molecule has 174 valence electrons. The van der Waals surface area contributed by atoms with Crippen LogP contribution in [-0.4, -0.2) is 37.0 Å². The zero-order valence-electron chi connectivity index (χ0n) is 17.4. The fourth-order valence-corrected chi connectivity index (χ4v) is 3.02. The molecule has 1 heterocycles. The van der Waals surface area contributed by atoms with Crippen molar-refractivity contribution in [1.29, 1.82) is 5.26 Å². The van der Waals surface area contributed by atoms with E-state index in [1.54, 1.807) is 24.3 Å². The van der Waals surface area contributed by atoms with Crippen LogP contribution in [0, 0.1) is 11.3 Å². The molecule has 0 atom stereocenters. The highest BCUT2D eigenvalue weighted by molar-refractivity contribution is 5.59. The van der Waals surface area contributed by atoms with Gasteiger partial charge in [-0.05, 0) is 42.5 Å². The van der Waals surface area contributed by atoms with Gasteiger partial charge in [0.25, 0.3) is 0 Å². The number of rotatable bonds is 6. The van der Waals surface area contributed by atoms with Crippen molar-refractivity contribution >= 4 is 11.4 Å². The number of anilines is 2. The Labute approximate surface area is 184 Å². The molecular weight excluding hydrogens is 452 g/mol. The minimum absolute atomic E-state index is 0.0538. The first-order valence-corrected chi connectivity index (χ1v) is 9.40. The molecular formula is C21H17F6N5O. The van der Waals surface area contributed by atoms with Gasteiger partial charge in [0.1, 0.15) is 6.54 Å². The lowest BCUT2D eigenvalue weighted by molar-refractivity contribution is -0.137. The fraction of sp³-hybridized carbons (Fsp3) is 0.286. The van der Waals surface area contributed by atoms with E-state index in [0.717, 1.165) is 17.8 Å². The third-order valence-electron chi connectivity index (χ3n) is 4.59. The summed E-state index contributed by atoms with van der Waals surface area (Å²) in [4.78, 5) is 2.49. The molecule has 0 spiro atoms. The predicted octanol–water partition coefficient (Wildman–Crippen LogP) is 5.26. The average molecular weight is 469 g/mol. The molecule has 0 aliphatic rings. The first kappa shape index (κ1) is 23.9. The van der Waals surface area contributed by atoms with Crippen LogP contribution in [0.2, 0.25) is 0 Å². The van der Waals surface area contributed by atoms with E-state index in [1.165, 1.54) is 6.07 Å². The summed E-state index contributed by atoms with van der Waals surface area (Å²) in [5, 5.41) is 16.5. The Morgan fingerprint density at radius 1 is 0.939 bits per heavy atom. The number of alkyl halides is 6. The Kier molecular flexibility index (Phi) is 6.53. The Bertz CT molecular complexity index is 1150. The van der Waals surface area contributed by atoms with Gasteiger partial charge in [-0.2, -0.15) is 31.6 Å². The molecule has 0 fully saturated rings. The molecule has 0 saturated heterocycles. The Balaban J connectivity index is 1.92. The second-order valence-electron chi connectivity index (χ2n) is 7.25. The van der Waals surface area contributed by atoms with Gasteiger partial charge in [0.2, 0.25) is 11.8 Å². The van der Waals surface area contributed by atoms with Crippen molar-refractivity contribution in [3.05, 3.63) is 59.5 Å². The predicted molar refractivity (Wildman–Crippen MR) is 107 cm³/mol. The Hall–Kier alpha value is -3.75. The number of nitriles is 1. The maximum Gasteiger partial charge on any atom is 0.417 e. The van der Waals surface area contributed by atoms with E-state index in [9.17, 15) is 26.3 Å². The van der Waals surface area contributed by atoms with E-state index in [0.29, 0.717) is 16.5 Å². The number of halogens is 6. The summed E-state index contributed by atoms with van der Waals surface area (Å²) >= 11 is 0. The highest BCUT2D eigenvalue weighted by Gasteiger charge is 2.36. The zero-order chi connectivity index (χ0) is 24.4. The number of aromatic nitrogens is 2. The topological polar surface area (TPSA) is 69.2 Å². The van der Waals surface area contributed by atoms with Crippen molar-refractivity contribution in [2.75, 3.05) is 30.4 Å². The highest BCUT2D eigenvalue weighted by atomic mass is 19.4. The molecule has 1 aromatic heterocycles. The van der Waals surface area contributed by atoms with Gasteiger partial charge < -0.3 is 14.2 Å². The maximum atomic E-state index is 13.3. The minimum Gasteiger partial charge on any atom is -0.419 e. The van der Waals surface area contributed by atoms with Crippen LogP contribution in [0.15, 0.2) is 46.9 Å². The summed E-state index contributed by atoms with van der Waals surface area (Å²) in [7, 11) is 3.70. The van der Waals surface area contributed by atoms with Crippen LogP contribution < -0.4 is 9.80 Å². The third kappa shape index (κ3) is 5.94. The molecule has 6 nitrogen and oxygen atoms in total. The van der Waals surface area contributed by atoms with Gasteiger partial charge >= 0.3 is 12.4 Å². The summed E-state index contributed by atoms with van der Waals surface area (Å²) < 4.78 is 84.8. The van der Waals surface area contributed by atoms with Crippen LogP contribution in [0.4, 0.5) is 37.7 Å². The fourth-order valence-electron chi connectivity index (χ4n) is 3.02. The number of hydrogen-bond donors (Lipinski definition) is 0. The van der Waals surface area contributed by atoms with Crippen molar-refractivity contribution in [3.8, 4) is 17.5 Å². The van der Waals surface area contributed by atoms with Gasteiger partial charge in [-0.25, -0.2) is 0 Å². The molecule has 3 aromatic rings. The SMILES string of the molecule is CN(C)c1ccc(-c2nnc(CN(CC(F)(F)F)c3ccc(C#N)c(C(F)(F)F)c3)o2)cc1. The van der Waals surface area contributed by atoms with Crippen molar-refractivity contribution < 1.29 is 30.8 Å². The van der Waals surface area contributed by atoms with Gasteiger partial charge in [-0.3, -0.25) is 0 Å². The van der Waals surface area contributed by atoms with E-state index in [1.807, 2.05) is 19.0 Å². The summed E-state index contributed by atoms with van der Waals surface area (Å²) in [6.45, 7) is -2.16. The molecule has 0 N–H and O–H groups in total. The lowest BCUT2D eigenvalue weighted by atomic mass is 10.1. The van der Waals surface area contributed by atoms with Crippen molar-refractivity contribution in [2.45, 2.75) is 18.9 Å². The molecule has 2 aromatic carbocycles. The van der Waals surface area contributed by atoms with Crippen molar-refractivity contribution in [1.82, 2.24) is 10.2 Å². The smallest absolute Gasteiger partial charge is 0.417 e. The standard InChI is InChI=1S/C21H17F6N5O/c1-31(2)15-6-3-13(4-7-15)19-30-29-18(33-19)11-32(12-20(22,23)24)16-8-5-14(10-28)17(9-16)21(25,26)27/h3-9H,11-12H2,1-2H3. The summed E-state index contributed by atoms with van der Waals surface area (Å²) in [6, 6.07) is 10.7. The first-order chi connectivity index (χ1) is 15.4. The molecule has 0 aliphatic heterocycles. The van der Waals surface area contributed by atoms with Gasteiger partial charge in [-0.1, -0.05) is 0 Å². The van der Waals surface area contributed by atoms with Crippen LogP contribution in [0.3, 0.4) is 0 Å². The molecule has 0 bridgehead atoms. The van der Waals surface area contributed by atoms with E-state index in [-0.39, 0.29) is 11.8 Å². The molecule has 0 unspecified atom stereocenters. The molecule has 0 saturated carbocycles. The maximum absolute atomic E-state index is 13.3. The van der Waals surface area contributed by atoms with Crippen molar-refractivity contribution in [2.24, 2.45) is 0 Å². The van der Waals surface area contributed by atoms with E-state index in [4.69, 9.17) is 9.68 Å². The highest BCUT2D eigenvalue weighted by Crippen LogP contribution is 2.35. The lowest BCUT2D eigenvalue weighted by Gasteiger charge is -2.25. The number of nitrogens with zero attached hydrogens (tertiary/aromatic N) is 5. The van der Waals surface area contributed by atoms with Gasteiger partial charge in [0, 0.05) is 31.0 Å². The normalized spacial score (nSPS) is 11.8. The largest absolute Gasteiger partial charge is 0.419 e. The number of benzene rings is 2. The van der Waals surface area contributed by atoms with Crippen LogP contribution in [-0.2, 0) is 12.7 Å². The summed E-state index contributed by atoms with van der Waals surface area (Å²) in [6.07, 6.45) is -9.64. The molecule has 3 rings (SSSR count). The molecule has 0 amide bonds. The average Bonchev–Trinajstić information content (AvgIpc) is 3.20. The Morgan fingerprint density at radius 3 is 2.12 bits per heavy atom. The van der Waals surface area contributed by atoms with Crippen LogP contribution >= 0.6 is 0 Å². The second-order valence-corrected chi connectivity index (χ2v) is 7.25. The molecule has 33 heavy (non-hydrogen) atoms. The molecule has 0 radical (unpaired) electrons. The van der Waals surface area contributed by atoms with Crippen molar-refractivity contribution in [3.63, 3.8) is 0 Å². The minimum atomic E-state index is -4.92. The van der Waals surface area contributed by atoms with Gasteiger partial charge in [0.15, 0.2) is 0 Å². The van der Waals surface area contributed by atoms with Crippen LogP contribution in [0.5, 0.6) is 0 Å². The van der Waals surface area contributed by atoms with E-state index >= 15 is 0 Å². The first-order valence-electron chi connectivity index (χ1n) is 9.40. The second kappa shape index (κ2) is 9.01. The summed E-state index contributed by atoms with van der Waals surface area (Å²) in [5.41, 5.74) is -0.995. The quantitative estimate of drug-likeness (QED) is 0.459. The van der Waals surface area contributed by atoms with E-state index < -0.39 is 42.3 Å². The molecule has 12 heteroatoms. The zero-order valence-corrected chi connectivity index (χ0v) is 17.4. The lowest BCUT2D eigenvalue weighted by Crippen LogP contribution is -2.34. The van der Waals surface area contributed by atoms with Crippen LogP contribution in [0.1, 0.15) is 17.0 Å². The van der Waals surface area contributed by atoms with E-state index in [2.05, 4.69) is 10.2 Å². The van der Waals surface area contributed by atoms with Crippen LogP contribution in [0.25, 0.3) is 11.5 Å². The molecule has 0 aliphatic carbocycles. The monoisotopic (exact) mass is 469 g/mol. The van der Waals surface area contributed by atoms with Gasteiger partial charge in [0.05, 0.1) is 23.7 Å². The number of hydrogen-bond acceptors (Lipinski definition) is 6. The van der Waals surface area contributed by atoms with Gasteiger partial charge in [-0.15, -0.1) is 10.2 Å². The Morgan fingerprint density at radius 2 is 1.58 bits per heavy atom. The third-order valence-corrected chi connectivity index (χ3v) is 4.59. The summed E-state index contributed by atoms with van der Waals surface area (Å²) in [5.74, 6) is -0.165.